The van der Waals surface area contributed by atoms with Gasteiger partial charge in [-0.3, -0.25) is 15.2 Å². The van der Waals surface area contributed by atoms with Crippen LogP contribution in [0.1, 0.15) is 0 Å². The van der Waals surface area contributed by atoms with Crippen LogP contribution >= 0.6 is 0 Å². The van der Waals surface area contributed by atoms with Gasteiger partial charge >= 0.3 is 11.5 Å². The third kappa shape index (κ3) is 1.95. The normalized spacial score (nSPS) is 10.7. The first-order chi connectivity index (χ1) is 10.1. The van der Waals surface area contributed by atoms with E-state index in [-0.39, 0.29) is 23.1 Å². The fraction of sp³-hybridized carbons (Fsp3) is 0. The number of rotatable bonds is 4. The van der Waals surface area contributed by atoms with E-state index < -0.39 is 21.4 Å². The van der Waals surface area contributed by atoms with Crippen LogP contribution in [0.15, 0.2) is 15.3 Å². The number of nitro groups is 2. The molecule has 0 aliphatic heterocycles. The van der Waals surface area contributed by atoms with E-state index in [1.165, 1.54) is 0 Å². The van der Waals surface area contributed by atoms with Crippen LogP contribution in [-0.4, -0.2) is 40.5 Å². The van der Waals surface area contributed by atoms with Gasteiger partial charge in [-0.1, -0.05) is 5.16 Å². The number of aromatic amines is 1. The zero-order chi connectivity index (χ0) is 15.0. The number of hydrogen-bond acceptors (Lipinski definition) is 11. The quantitative estimate of drug-likeness (QED) is 0.514. The summed E-state index contributed by atoms with van der Waals surface area (Å²) in [7, 11) is 0. The molecule has 14 nitrogen and oxygen atoms in total. The minimum atomic E-state index is -0.847. The van der Waals surface area contributed by atoms with E-state index in [2.05, 4.69) is 35.3 Å². The molecule has 0 saturated carbocycles. The van der Waals surface area contributed by atoms with Gasteiger partial charge in [0, 0.05) is 0 Å². The molecule has 21 heavy (non-hydrogen) atoms. The Balaban J connectivity index is 2.04. The molecule has 0 radical (unpaired) electrons. The Morgan fingerprint density at radius 3 is 2.67 bits per heavy atom. The van der Waals surface area contributed by atoms with Gasteiger partial charge in [-0.2, -0.15) is 10.1 Å². The second-order valence-electron chi connectivity index (χ2n) is 3.50. The molecule has 0 unspecified atom stereocenters. The summed E-state index contributed by atoms with van der Waals surface area (Å²) in [5, 5.41) is 37.1. The number of aromatic nitrogens is 6. The smallest absolute Gasteiger partial charge is 0.358 e. The standard InChI is InChI=1S/C7H2N8O6/c16-14(17)2-1-8-10-3(2)7-9-5(12-20-7)4-6(15(18)19)13-21-11-4/h1H,(H,8,10). The Kier molecular flexibility index (Phi) is 2.61. The van der Waals surface area contributed by atoms with E-state index in [0.29, 0.717) is 0 Å². The molecule has 0 aromatic carbocycles. The van der Waals surface area contributed by atoms with Gasteiger partial charge in [-0.15, -0.1) is 4.63 Å². The number of H-pyrrole nitrogens is 1. The van der Waals surface area contributed by atoms with Crippen molar-refractivity contribution in [3.05, 3.63) is 26.4 Å². The van der Waals surface area contributed by atoms with Crippen LogP contribution in [-0.2, 0) is 0 Å². The lowest BCUT2D eigenvalue weighted by molar-refractivity contribution is -0.390. The maximum atomic E-state index is 10.8. The minimum Gasteiger partial charge on any atom is -0.358 e. The first kappa shape index (κ1) is 12.3. The molecule has 3 heterocycles. The average Bonchev–Trinajstić information content (AvgIpc) is 3.17. The van der Waals surface area contributed by atoms with Gasteiger partial charge < -0.3 is 14.6 Å². The van der Waals surface area contributed by atoms with Crippen LogP contribution in [0.3, 0.4) is 0 Å². The lowest BCUT2D eigenvalue weighted by Gasteiger charge is -1.88. The molecule has 3 aromatic heterocycles. The summed E-state index contributed by atoms with van der Waals surface area (Å²) in [5.74, 6) is -1.30. The molecule has 106 valence electrons. The summed E-state index contributed by atoms with van der Waals surface area (Å²) < 4.78 is 9.02. The third-order valence-corrected chi connectivity index (χ3v) is 2.31. The van der Waals surface area contributed by atoms with E-state index in [0.717, 1.165) is 6.20 Å². The molecule has 0 bridgehead atoms. The lowest BCUT2D eigenvalue weighted by Crippen LogP contribution is -1.92. The average molecular weight is 294 g/mol. The maximum Gasteiger partial charge on any atom is 0.446 e. The second kappa shape index (κ2) is 4.44. The first-order valence-electron chi connectivity index (χ1n) is 5.07. The number of nitrogens with one attached hydrogen (secondary N) is 1. The third-order valence-electron chi connectivity index (χ3n) is 2.31. The molecule has 3 rings (SSSR count). The maximum absolute atomic E-state index is 10.8. The van der Waals surface area contributed by atoms with Crippen molar-refractivity contribution in [3.63, 3.8) is 0 Å². The molecule has 0 aliphatic carbocycles. The van der Waals surface area contributed by atoms with Crippen molar-refractivity contribution < 1.29 is 19.0 Å². The molecule has 0 fully saturated rings. The summed E-state index contributed by atoms with van der Waals surface area (Å²) in [6.07, 6.45) is 0.958. The van der Waals surface area contributed by atoms with Gasteiger partial charge in [-0.25, -0.2) is 0 Å². The van der Waals surface area contributed by atoms with Crippen molar-refractivity contribution in [2.75, 3.05) is 0 Å². The second-order valence-corrected chi connectivity index (χ2v) is 3.50. The SMILES string of the molecule is O=[N+]([O-])c1cn[nH]c1-c1nc(-c2nonc2[N+](=O)[O-])no1. The molecule has 0 atom stereocenters. The Hall–Kier alpha value is -3.71. The molecular weight excluding hydrogens is 292 g/mol. The first-order valence-corrected chi connectivity index (χ1v) is 5.07. The van der Waals surface area contributed by atoms with Gasteiger partial charge in [-0.05, 0) is 10.1 Å². The highest BCUT2D eigenvalue weighted by atomic mass is 16.6. The fourth-order valence-corrected chi connectivity index (χ4v) is 1.44. The lowest BCUT2D eigenvalue weighted by atomic mass is 10.3. The highest BCUT2D eigenvalue weighted by molar-refractivity contribution is 5.64. The van der Waals surface area contributed by atoms with Crippen LogP contribution in [0.4, 0.5) is 11.5 Å². The molecule has 0 aliphatic rings. The minimum absolute atomic E-state index is 0.141. The number of hydrogen-bond donors (Lipinski definition) is 1. The zero-order valence-electron chi connectivity index (χ0n) is 9.66. The highest BCUT2D eigenvalue weighted by Crippen LogP contribution is 2.29. The molecular formula is C7H2N8O6. The number of nitrogens with zero attached hydrogens (tertiary/aromatic N) is 7. The van der Waals surface area contributed by atoms with Crippen molar-refractivity contribution in [3.8, 4) is 23.1 Å². The highest BCUT2D eigenvalue weighted by Gasteiger charge is 2.30. The summed E-state index contributed by atoms with van der Waals surface area (Å²) in [4.78, 5) is 23.7. The van der Waals surface area contributed by atoms with Crippen LogP contribution < -0.4 is 0 Å². The van der Waals surface area contributed by atoms with E-state index in [4.69, 9.17) is 4.52 Å². The molecule has 0 spiro atoms. The summed E-state index contributed by atoms with van der Waals surface area (Å²) in [6, 6.07) is 0. The molecule has 3 aromatic rings. The molecule has 0 saturated heterocycles. The Bertz CT molecular complexity index is 765. The van der Waals surface area contributed by atoms with Crippen LogP contribution in [0.5, 0.6) is 0 Å². The zero-order valence-corrected chi connectivity index (χ0v) is 9.66. The van der Waals surface area contributed by atoms with Crippen molar-refractivity contribution in [2.45, 2.75) is 0 Å². The van der Waals surface area contributed by atoms with Gasteiger partial charge in [0.15, 0.2) is 5.16 Å². The Morgan fingerprint density at radius 2 is 1.95 bits per heavy atom. The largest absolute Gasteiger partial charge is 0.446 e. The van der Waals surface area contributed by atoms with Gasteiger partial charge in [0.25, 0.3) is 11.6 Å². The summed E-state index contributed by atoms with van der Waals surface area (Å²) in [5.41, 5.74) is -0.895. The summed E-state index contributed by atoms with van der Waals surface area (Å²) >= 11 is 0. The van der Waals surface area contributed by atoms with Crippen molar-refractivity contribution in [2.24, 2.45) is 0 Å². The van der Waals surface area contributed by atoms with E-state index in [1.54, 1.807) is 0 Å². The van der Waals surface area contributed by atoms with E-state index in [9.17, 15) is 20.2 Å². The van der Waals surface area contributed by atoms with Crippen molar-refractivity contribution >= 4 is 11.5 Å². The molecule has 14 heteroatoms. The predicted molar refractivity (Wildman–Crippen MR) is 58.5 cm³/mol. The Labute approximate surface area is 112 Å². The van der Waals surface area contributed by atoms with Gasteiger partial charge in [0.2, 0.25) is 11.5 Å². The van der Waals surface area contributed by atoms with E-state index in [1.807, 2.05) is 0 Å². The van der Waals surface area contributed by atoms with Gasteiger partial charge in [0.1, 0.15) is 6.20 Å². The van der Waals surface area contributed by atoms with E-state index >= 15 is 0 Å². The van der Waals surface area contributed by atoms with Crippen LogP contribution in [0.2, 0.25) is 0 Å². The fourth-order valence-electron chi connectivity index (χ4n) is 1.44. The molecule has 1 N–H and O–H groups in total. The van der Waals surface area contributed by atoms with Gasteiger partial charge in [0.05, 0.1) is 4.92 Å². The van der Waals surface area contributed by atoms with Crippen LogP contribution in [0, 0.1) is 20.2 Å². The predicted octanol–water partition coefficient (Wildman–Crippen LogP) is 0.326. The molecule has 0 amide bonds. The summed E-state index contributed by atoms with van der Waals surface area (Å²) in [6.45, 7) is 0. The van der Waals surface area contributed by atoms with Crippen LogP contribution in [0.25, 0.3) is 23.1 Å². The topological polar surface area (TPSA) is 193 Å². The Morgan fingerprint density at radius 1 is 1.14 bits per heavy atom. The van der Waals surface area contributed by atoms with Crippen molar-refractivity contribution in [1.29, 1.82) is 0 Å². The van der Waals surface area contributed by atoms with Crippen molar-refractivity contribution in [1.82, 2.24) is 30.7 Å². The monoisotopic (exact) mass is 294 g/mol.